The monoisotopic (exact) mass is 303 g/mol. The number of amides is 2. The molecule has 2 amide bonds. The van der Waals surface area contributed by atoms with Gasteiger partial charge in [0.05, 0.1) is 7.11 Å². The molecule has 0 aliphatic heterocycles. The van der Waals surface area contributed by atoms with E-state index in [2.05, 4.69) is 15.8 Å². The van der Waals surface area contributed by atoms with Gasteiger partial charge in [0, 0.05) is 18.0 Å². The summed E-state index contributed by atoms with van der Waals surface area (Å²) in [5, 5.41) is 9.24. The van der Waals surface area contributed by atoms with Crippen LogP contribution in [0.5, 0.6) is 5.75 Å². The van der Waals surface area contributed by atoms with E-state index < -0.39 is 0 Å². The third-order valence-electron chi connectivity index (χ3n) is 3.10. The van der Waals surface area contributed by atoms with Crippen LogP contribution >= 0.6 is 0 Å². The molecule has 2 N–H and O–H groups in total. The maximum absolute atomic E-state index is 11.8. The average Bonchev–Trinajstić information content (AvgIpc) is 2.94. The minimum Gasteiger partial charge on any atom is -0.497 e. The number of carbonyl (C=O) groups is 1. The average molecular weight is 303 g/mol. The van der Waals surface area contributed by atoms with Crippen LogP contribution in [-0.2, 0) is 12.0 Å². The predicted octanol–water partition coefficient (Wildman–Crippen LogP) is 3.30. The second kappa shape index (κ2) is 6.51. The molecule has 0 atom stereocenters. The van der Waals surface area contributed by atoms with Gasteiger partial charge >= 0.3 is 6.03 Å². The molecule has 1 aromatic heterocycles. The van der Waals surface area contributed by atoms with Crippen molar-refractivity contribution in [3.05, 3.63) is 41.7 Å². The van der Waals surface area contributed by atoms with Gasteiger partial charge in [-0.1, -0.05) is 38.1 Å². The van der Waals surface area contributed by atoms with Gasteiger partial charge in [-0.2, -0.15) is 0 Å². The highest BCUT2D eigenvalue weighted by atomic mass is 16.5. The fourth-order valence-electron chi connectivity index (χ4n) is 1.77. The first kappa shape index (κ1) is 15.9. The maximum Gasteiger partial charge on any atom is 0.320 e. The lowest BCUT2D eigenvalue weighted by Gasteiger charge is -2.12. The molecule has 0 fully saturated rings. The molecule has 6 heteroatoms. The van der Waals surface area contributed by atoms with Crippen LogP contribution in [-0.4, -0.2) is 18.3 Å². The van der Waals surface area contributed by atoms with Crippen molar-refractivity contribution in [1.82, 2.24) is 10.5 Å². The van der Waals surface area contributed by atoms with Crippen molar-refractivity contribution in [3.63, 3.8) is 0 Å². The number of methoxy groups -OCH3 is 1. The van der Waals surface area contributed by atoms with Crippen molar-refractivity contribution in [2.24, 2.45) is 0 Å². The molecular weight excluding hydrogens is 282 g/mol. The minimum absolute atomic E-state index is 0.146. The van der Waals surface area contributed by atoms with Crippen LogP contribution in [0.3, 0.4) is 0 Å². The van der Waals surface area contributed by atoms with E-state index in [-0.39, 0.29) is 11.4 Å². The first-order chi connectivity index (χ1) is 10.4. The van der Waals surface area contributed by atoms with Crippen LogP contribution in [0.1, 0.15) is 32.1 Å². The van der Waals surface area contributed by atoms with E-state index in [0.29, 0.717) is 12.4 Å². The Morgan fingerprint density at radius 2 is 1.95 bits per heavy atom. The molecule has 0 radical (unpaired) electrons. The molecule has 1 aromatic carbocycles. The molecular formula is C16H21N3O3. The van der Waals surface area contributed by atoms with Crippen LogP contribution in [0.4, 0.5) is 10.6 Å². The number of hydrogen-bond acceptors (Lipinski definition) is 4. The van der Waals surface area contributed by atoms with Crippen molar-refractivity contribution >= 4 is 11.8 Å². The first-order valence-corrected chi connectivity index (χ1v) is 7.03. The Morgan fingerprint density at radius 3 is 2.50 bits per heavy atom. The summed E-state index contributed by atoms with van der Waals surface area (Å²) in [6, 6.07) is 8.89. The zero-order valence-electron chi connectivity index (χ0n) is 13.3. The summed E-state index contributed by atoms with van der Waals surface area (Å²) >= 11 is 0. The van der Waals surface area contributed by atoms with E-state index in [1.54, 1.807) is 13.2 Å². The molecule has 0 saturated heterocycles. The second-order valence-corrected chi connectivity index (χ2v) is 5.98. The molecule has 0 saturated carbocycles. The smallest absolute Gasteiger partial charge is 0.320 e. The van der Waals surface area contributed by atoms with Gasteiger partial charge in [0.1, 0.15) is 11.5 Å². The van der Waals surface area contributed by atoms with E-state index in [9.17, 15) is 4.79 Å². The van der Waals surface area contributed by atoms with Crippen molar-refractivity contribution in [2.45, 2.75) is 32.7 Å². The van der Waals surface area contributed by atoms with Crippen molar-refractivity contribution < 1.29 is 14.1 Å². The number of carbonyl (C=O) groups excluding carboxylic acids is 1. The standard InChI is InChI=1S/C16H21N3O3/c1-16(2,3)13-9-14(19-22-13)18-15(20)17-10-11-5-7-12(21-4)8-6-11/h5-9H,10H2,1-4H3,(H2,17,18,19,20). The van der Waals surface area contributed by atoms with Gasteiger partial charge in [-0.3, -0.25) is 5.32 Å². The Bertz CT molecular complexity index is 627. The van der Waals surface area contributed by atoms with Gasteiger partial charge < -0.3 is 14.6 Å². The lowest BCUT2D eigenvalue weighted by molar-refractivity contribution is 0.251. The summed E-state index contributed by atoms with van der Waals surface area (Å²) in [6.45, 7) is 6.46. The van der Waals surface area contributed by atoms with Crippen LogP contribution < -0.4 is 15.4 Å². The Hall–Kier alpha value is -2.50. The van der Waals surface area contributed by atoms with E-state index in [1.165, 1.54) is 0 Å². The SMILES string of the molecule is COc1ccc(CNC(=O)Nc2cc(C(C)(C)C)on2)cc1. The van der Waals surface area contributed by atoms with Gasteiger partial charge in [-0.25, -0.2) is 4.79 Å². The number of aromatic nitrogens is 1. The molecule has 0 aliphatic carbocycles. The zero-order valence-corrected chi connectivity index (χ0v) is 13.3. The third kappa shape index (κ3) is 4.25. The maximum atomic E-state index is 11.8. The minimum atomic E-state index is -0.329. The first-order valence-electron chi connectivity index (χ1n) is 7.03. The molecule has 0 bridgehead atoms. The molecule has 2 aromatic rings. The summed E-state index contributed by atoms with van der Waals surface area (Å²) in [6.07, 6.45) is 0. The highest BCUT2D eigenvalue weighted by Gasteiger charge is 2.20. The largest absolute Gasteiger partial charge is 0.497 e. The second-order valence-electron chi connectivity index (χ2n) is 5.98. The lowest BCUT2D eigenvalue weighted by atomic mass is 9.93. The van der Waals surface area contributed by atoms with Gasteiger partial charge in [0.15, 0.2) is 5.82 Å². The highest BCUT2D eigenvalue weighted by molar-refractivity contribution is 5.88. The fraction of sp³-hybridized carbons (Fsp3) is 0.375. The van der Waals surface area contributed by atoms with Crippen molar-refractivity contribution in [3.8, 4) is 5.75 Å². The number of nitrogens with one attached hydrogen (secondary N) is 2. The zero-order chi connectivity index (χ0) is 16.2. The molecule has 1 heterocycles. The van der Waals surface area contributed by atoms with E-state index in [0.717, 1.165) is 17.1 Å². The lowest BCUT2D eigenvalue weighted by Crippen LogP contribution is -2.28. The molecule has 0 unspecified atom stereocenters. The van der Waals surface area contributed by atoms with E-state index >= 15 is 0 Å². The number of ether oxygens (including phenoxy) is 1. The molecule has 0 spiro atoms. The van der Waals surface area contributed by atoms with Crippen molar-refractivity contribution in [1.29, 1.82) is 0 Å². The summed E-state index contributed by atoms with van der Waals surface area (Å²) in [4.78, 5) is 11.8. The quantitative estimate of drug-likeness (QED) is 0.908. The number of rotatable bonds is 4. The number of benzene rings is 1. The summed E-state index contributed by atoms with van der Waals surface area (Å²) in [5.41, 5.74) is 0.832. The molecule has 22 heavy (non-hydrogen) atoms. The number of hydrogen-bond donors (Lipinski definition) is 2. The predicted molar refractivity (Wildman–Crippen MR) is 84.1 cm³/mol. The third-order valence-corrected chi connectivity index (χ3v) is 3.10. The Balaban J connectivity index is 1.86. The van der Waals surface area contributed by atoms with Gasteiger partial charge in [0.25, 0.3) is 0 Å². The number of nitrogens with zero attached hydrogens (tertiary/aromatic N) is 1. The summed E-state index contributed by atoms with van der Waals surface area (Å²) in [5.74, 6) is 1.90. The van der Waals surface area contributed by atoms with Gasteiger partial charge in [-0.15, -0.1) is 0 Å². The molecule has 118 valence electrons. The van der Waals surface area contributed by atoms with Crippen LogP contribution in [0.25, 0.3) is 0 Å². The molecule has 2 rings (SSSR count). The Morgan fingerprint density at radius 1 is 1.27 bits per heavy atom. The van der Waals surface area contributed by atoms with Crippen LogP contribution in [0.15, 0.2) is 34.9 Å². The topological polar surface area (TPSA) is 76.4 Å². The van der Waals surface area contributed by atoms with E-state index in [1.807, 2.05) is 45.0 Å². The highest BCUT2D eigenvalue weighted by Crippen LogP contribution is 2.24. The normalized spacial score (nSPS) is 11.1. The van der Waals surface area contributed by atoms with Gasteiger partial charge in [0.2, 0.25) is 0 Å². The Kier molecular flexibility index (Phi) is 4.70. The summed E-state index contributed by atoms with van der Waals surface area (Å²) in [7, 11) is 1.62. The number of urea groups is 1. The van der Waals surface area contributed by atoms with Crippen LogP contribution in [0.2, 0.25) is 0 Å². The molecule has 6 nitrogen and oxygen atoms in total. The fourth-order valence-corrected chi connectivity index (χ4v) is 1.77. The van der Waals surface area contributed by atoms with Gasteiger partial charge in [-0.05, 0) is 17.7 Å². The van der Waals surface area contributed by atoms with E-state index in [4.69, 9.17) is 9.26 Å². The number of anilines is 1. The van der Waals surface area contributed by atoms with Crippen LogP contribution in [0, 0.1) is 0 Å². The summed E-state index contributed by atoms with van der Waals surface area (Å²) < 4.78 is 10.3. The molecule has 0 aliphatic rings. The Labute approximate surface area is 129 Å². The van der Waals surface area contributed by atoms with Crippen molar-refractivity contribution in [2.75, 3.05) is 12.4 Å².